The lowest BCUT2D eigenvalue weighted by Gasteiger charge is -2.35. The fraction of sp³-hybridized carbons (Fsp3) is 0.833. The van der Waals surface area contributed by atoms with Gasteiger partial charge in [0, 0.05) is 12.5 Å². The van der Waals surface area contributed by atoms with E-state index in [0.717, 1.165) is 0 Å². The minimum atomic E-state index is -4.16. The van der Waals surface area contributed by atoms with Crippen LogP contribution in [0, 0.1) is 0 Å². The summed E-state index contributed by atoms with van der Waals surface area (Å²) in [5.41, 5.74) is 0. The number of imide groups is 1. The number of halogens is 3. The number of carbonyl (C=O) groups is 2. The molecule has 8 heteroatoms. The molecule has 0 aromatic heterocycles. The van der Waals surface area contributed by atoms with Crippen LogP contribution in [-0.2, 0) is 9.59 Å². The molecule has 114 valence electrons. The molecular weight excluding hydrogens is 275 g/mol. The number of alkyl halides is 3. The van der Waals surface area contributed by atoms with E-state index in [9.17, 15) is 22.8 Å². The fourth-order valence-corrected chi connectivity index (χ4v) is 2.65. The lowest BCUT2D eigenvalue weighted by atomic mass is 10.0. The molecule has 2 saturated heterocycles. The number of amides is 2. The maximum absolute atomic E-state index is 12.3. The smallest absolute Gasteiger partial charge is 0.303 e. The van der Waals surface area contributed by atoms with Gasteiger partial charge in [0.2, 0.25) is 11.8 Å². The van der Waals surface area contributed by atoms with Crippen LogP contribution in [0.2, 0.25) is 0 Å². The Hall–Kier alpha value is -1.15. The summed E-state index contributed by atoms with van der Waals surface area (Å²) in [6, 6.07) is -0.379. The van der Waals surface area contributed by atoms with Crippen LogP contribution >= 0.6 is 0 Å². The van der Waals surface area contributed by atoms with E-state index >= 15 is 0 Å². The van der Waals surface area contributed by atoms with Gasteiger partial charge in [-0.3, -0.25) is 19.8 Å². The van der Waals surface area contributed by atoms with Crippen molar-refractivity contribution < 1.29 is 22.8 Å². The van der Waals surface area contributed by atoms with Crippen molar-refractivity contribution in [3.63, 3.8) is 0 Å². The van der Waals surface area contributed by atoms with Gasteiger partial charge in [-0.25, -0.2) is 0 Å². The SMILES string of the molecule is O=C1CCC(NC2CCN(CC(F)(F)F)CC2)C(=O)N1. The molecule has 0 spiro atoms. The van der Waals surface area contributed by atoms with Crippen LogP contribution in [0.5, 0.6) is 0 Å². The molecule has 2 rings (SSSR count). The van der Waals surface area contributed by atoms with Crippen molar-refractivity contribution in [2.24, 2.45) is 0 Å². The second kappa shape index (κ2) is 6.09. The Labute approximate surface area is 114 Å². The molecule has 0 aliphatic carbocycles. The van der Waals surface area contributed by atoms with Crippen molar-refractivity contribution in [3.05, 3.63) is 0 Å². The van der Waals surface area contributed by atoms with Gasteiger partial charge >= 0.3 is 6.18 Å². The summed E-state index contributed by atoms with van der Waals surface area (Å²) in [5, 5.41) is 5.40. The predicted octanol–water partition coefficient (Wildman–Crippen LogP) is 0.408. The molecule has 2 heterocycles. The van der Waals surface area contributed by atoms with Crippen molar-refractivity contribution in [2.45, 2.75) is 43.9 Å². The standard InChI is InChI=1S/C12H18F3N3O2/c13-12(14,15)7-18-5-3-8(4-6-18)16-9-1-2-10(19)17-11(9)20/h8-9,16H,1-7H2,(H,17,19,20). The van der Waals surface area contributed by atoms with Crippen molar-refractivity contribution >= 4 is 11.8 Å². The van der Waals surface area contributed by atoms with E-state index in [1.807, 2.05) is 0 Å². The van der Waals surface area contributed by atoms with Crippen molar-refractivity contribution in [2.75, 3.05) is 19.6 Å². The highest BCUT2D eigenvalue weighted by Crippen LogP contribution is 2.20. The van der Waals surface area contributed by atoms with E-state index in [1.165, 1.54) is 4.90 Å². The van der Waals surface area contributed by atoms with Crippen molar-refractivity contribution in [1.29, 1.82) is 0 Å². The van der Waals surface area contributed by atoms with Gasteiger partial charge in [-0.1, -0.05) is 0 Å². The summed E-state index contributed by atoms with van der Waals surface area (Å²) in [6.07, 6.45) is -2.25. The molecule has 2 fully saturated rings. The van der Waals surface area contributed by atoms with Crippen LogP contribution in [0.25, 0.3) is 0 Å². The number of likely N-dealkylation sites (tertiary alicyclic amines) is 1. The minimum absolute atomic E-state index is 0.0310. The van der Waals surface area contributed by atoms with Crippen LogP contribution in [-0.4, -0.2) is 54.6 Å². The van der Waals surface area contributed by atoms with Gasteiger partial charge in [0.15, 0.2) is 0 Å². The first kappa shape index (κ1) is 15.2. The van der Waals surface area contributed by atoms with Gasteiger partial charge in [-0.2, -0.15) is 13.2 Å². The molecule has 2 amide bonds. The molecule has 2 aliphatic heterocycles. The second-order valence-corrected chi connectivity index (χ2v) is 5.34. The molecule has 1 atom stereocenters. The van der Waals surface area contributed by atoms with E-state index in [2.05, 4.69) is 10.6 Å². The number of nitrogens with one attached hydrogen (secondary N) is 2. The Morgan fingerprint density at radius 2 is 1.85 bits per heavy atom. The molecule has 0 radical (unpaired) electrons. The minimum Gasteiger partial charge on any atom is -0.303 e. The van der Waals surface area contributed by atoms with Gasteiger partial charge in [0.25, 0.3) is 0 Å². The summed E-state index contributed by atoms with van der Waals surface area (Å²) in [7, 11) is 0. The molecular formula is C12H18F3N3O2. The number of hydrogen-bond acceptors (Lipinski definition) is 4. The highest BCUT2D eigenvalue weighted by Gasteiger charge is 2.34. The Bertz CT molecular complexity index is 379. The summed E-state index contributed by atoms with van der Waals surface area (Å²) in [5.74, 6) is -0.605. The maximum atomic E-state index is 12.3. The number of nitrogens with zero attached hydrogens (tertiary/aromatic N) is 1. The highest BCUT2D eigenvalue weighted by atomic mass is 19.4. The zero-order chi connectivity index (χ0) is 14.8. The van der Waals surface area contributed by atoms with E-state index in [4.69, 9.17) is 0 Å². The van der Waals surface area contributed by atoms with E-state index in [-0.39, 0.29) is 17.9 Å². The predicted molar refractivity (Wildman–Crippen MR) is 64.8 cm³/mol. The summed E-state index contributed by atoms with van der Waals surface area (Å²) >= 11 is 0. The number of piperidine rings is 2. The average molecular weight is 293 g/mol. The van der Waals surface area contributed by atoms with Crippen LogP contribution in [0.3, 0.4) is 0 Å². The van der Waals surface area contributed by atoms with E-state index in [1.54, 1.807) is 0 Å². The normalized spacial score (nSPS) is 26.6. The Morgan fingerprint density at radius 3 is 2.40 bits per heavy atom. The molecule has 1 unspecified atom stereocenters. The van der Waals surface area contributed by atoms with Gasteiger partial charge in [0.05, 0.1) is 12.6 Å². The molecule has 0 aromatic carbocycles. The first-order chi connectivity index (χ1) is 9.33. The average Bonchev–Trinajstić information content (AvgIpc) is 2.33. The molecule has 0 bridgehead atoms. The van der Waals surface area contributed by atoms with Gasteiger partial charge in [-0.15, -0.1) is 0 Å². The summed E-state index contributed by atoms with van der Waals surface area (Å²) < 4.78 is 36.8. The number of carbonyl (C=O) groups excluding carboxylic acids is 2. The Morgan fingerprint density at radius 1 is 1.20 bits per heavy atom. The van der Waals surface area contributed by atoms with Crippen molar-refractivity contribution in [1.82, 2.24) is 15.5 Å². The quantitative estimate of drug-likeness (QED) is 0.740. The summed E-state index contributed by atoms with van der Waals surface area (Å²) in [4.78, 5) is 24.0. The first-order valence-corrected chi connectivity index (χ1v) is 6.72. The zero-order valence-electron chi connectivity index (χ0n) is 11.0. The van der Waals surface area contributed by atoms with Crippen LogP contribution in [0.4, 0.5) is 13.2 Å². The third-order valence-corrected chi connectivity index (χ3v) is 3.67. The largest absolute Gasteiger partial charge is 0.401 e. The van der Waals surface area contributed by atoms with Crippen LogP contribution in [0.1, 0.15) is 25.7 Å². The first-order valence-electron chi connectivity index (χ1n) is 6.72. The molecule has 0 saturated carbocycles. The van der Waals surface area contributed by atoms with Crippen molar-refractivity contribution in [3.8, 4) is 0 Å². The van der Waals surface area contributed by atoms with Crippen LogP contribution in [0.15, 0.2) is 0 Å². The molecule has 20 heavy (non-hydrogen) atoms. The monoisotopic (exact) mass is 293 g/mol. The number of hydrogen-bond donors (Lipinski definition) is 2. The zero-order valence-corrected chi connectivity index (χ0v) is 11.0. The van der Waals surface area contributed by atoms with Gasteiger partial charge in [0.1, 0.15) is 0 Å². The molecule has 5 nitrogen and oxygen atoms in total. The highest BCUT2D eigenvalue weighted by molar-refractivity contribution is 6.00. The Balaban J connectivity index is 1.74. The molecule has 2 aliphatic rings. The topological polar surface area (TPSA) is 61.4 Å². The summed E-state index contributed by atoms with van der Waals surface area (Å²) in [6.45, 7) is -0.146. The second-order valence-electron chi connectivity index (χ2n) is 5.34. The third kappa shape index (κ3) is 4.45. The fourth-order valence-electron chi connectivity index (χ4n) is 2.65. The lowest BCUT2D eigenvalue weighted by Crippen LogP contribution is -2.55. The molecule has 0 aromatic rings. The van der Waals surface area contributed by atoms with E-state index in [0.29, 0.717) is 38.8 Å². The Kier molecular flexibility index (Phi) is 4.64. The maximum Gasteiger partial charge on any atom is 0.401 e. The lowest BCUT2D eigenvalue weighted by molar-refractivity contribution is -0.148. The molecule has 2 N–H and O–H groups in total. The van der Waals surface area contributed by atoms with Gasteiger partial charge < -0.3 is 5.32 Å². The van der Waals surface area contributed by atoms with Gasteiger partial charge in [-0.05, 0) is 32.4 Å². The number of rotatable bonds is 3. The van der Waals surface area contributed by atoms with E-state index < -0.39 is 18.8 Å². The van der Waals surface area contributed by atoms with Crippen LogP contribution < -0.4 is 10.6 Å². The third-order valence-electron chi connectivity index (χ3n) is 3.67.